The third kappa shape index (κ3) is 5.87. The molecule has 5 rings (SSSR count). The van der Waals surface area contributed by atoms with Crippen LogP contribution in [0.25, 0.3) is 11.0 Å². The number of benzene rings is 3. The van der Waals surface area contributed by atoms with Gasteiger partial charge in [0.05, 0.1) is 19.2 Å². The molecular formula is C30H33N5O4. The van der Waals surface area contributed by atoms with E-state index in [1.165, 1.54) is 4.90 Å². The summed E-state index contributed by atoms with van der Waals surface area (Å²) in [5, 5.41) is 11.6. The summed E-state index contributed by atoms with van der Waals surface area (Å²) in [6.45, 7) is 2.28. The number of carbonyl (C=O) groups is 2. The molecule has 0 radical (unpaired) electrons. The van der Waals surface area contributed by atoms with E-state index in [0.29, 0.717) is 34.9 Å². The molecular weight excluding hydrogens is 494 g/mol. The number of para-hydroxylation sites is 1. The first kappa shape index (κ1) is 26.2. The van der Waals surface area contributed by atoms with E-state index in [0.717, 1.165) is 31.2 Å². The Morgan fingerprint density at radius 1 is 1.03 bits per heavy atom. The summed E-state index contributed by atoms with van der Waals surface area (Å²) in [6.07, 6.45) is 4.00. The molecule has 1 heterocycles. The van der Waals surface area contributed by atoms with Gasteiger partial charge in [-0.15, -0.1) is 5.10 Å². The minimum atomic E-state index is -0.945. The summed E-state index contributed by atoms with van der Waals surface area (Å²) in [7, 11) is 1.58. The average Bonchev–Trinajstić information content (AvgIpc) is 3.62. The van der Waals surface area contributed by atoms with Crippen molar-refractivity contribution in [3.63, 3.8) is 0 Å². The predicted molar refractivity (Wildman–Crippen MR) is 149 cm³/mol. The number of nitrogens with one attached hydrogen (secondary N) is 1. The van der Waals surface area contributed by atoms with E-state index in [4.69, 9.17) is 9.47 Å². The average molecular weight is 528 g/mol. The first-order valence-corrected chi connectivity index (χ1v) is 13.3. The van der Waals surface area contributed by atoms with Gasteiger partial charge in [0.1, 0.15) is 29.6 Å². The van der Waals surface area contributed by atoms with Gasteiger partial charge in [-0.1, -0.05) is 48.4 Å². The van der Waals surface area contributed by atoms with Gasteiger partial charge in [0.15, 0.2) is 0 Å². The molecule has 0 saturated heterocycles. The number of nitrogens with zero attached hydrogens (tertiary/aromatic N) is 4. The summed E-state index contributed by atoms with van der Waals surface area (Å²) < 4.78 is 12.8. The standard InChI is InChI=1S/C30H33N5O4/c1-3-39-25-15-9-13-23(19-25)35(28(36)20-34-27-17-7-6-16-26(27)32-33-34)29(21-10-8-14-24(18-21)38-2)30(37)31-22-11-4-5-12-22/h6-10,13-19,22,29H,3-5,11-12,20H2,1-2H3,(H,31,37)/t29-/m0/s1. The monoisotopic (exact) mass is 527 g/mol. The van der Waals surface area contributed by atoms with Crippen molar-refractivity contribution < 1.29 is 19.1 Å². The number of carbonyl (C=O) groups excluding carboxylic acids is 2. The number of anilines is 1. The Balaban J connectivity index is 1.60. The highest BCUT2D eigenvalue weighted by molar-refractivity contribution is 6.01. The van der Waals surface area contributed by atoms with Crippen LogP contribution in [0, 0.1) is 0 Å². The zero-order chi connectivity index (χ0) is 27.2. The van der Waals surface area contributed by atoms with E-state index in [1.807, 2.05) is 67.6 Å². The number of hydrogen-bond donors (Lipinski definition) is 1. The molecule has 0 bridgehead atoms. The summed E-state index contributed by atoms with van der Waals surface area (Å²) >= 11 is 0. The lowest BCUT2D eigenvalue weighted by Gasteiger charge is -2.32. The van der Waals surface area contributed by atoms with E-state index in [-0.39, 0.29) is 24.4 Å². The molecule has 1 N–H and O–H groups in total. The molecule has 0 spiro atoms. The fraction of sp³-hybridized carbons (Fsp3) is 0.333. The van der Waals surface area contributed by atoms with Crippen LogP contribution in [0.15, 0.2) is 72.8 Å². The fourth-order valence-electron chi connectivity index (χ4n) is 5.14. The maximum absolute atomic E-state index is 14.2. The van der Waals surface area contributed by atoms with E-state index in [2.05, 4.69) is 15.6 Å². The van der Waals surface area contributed by atoms with Crippen molar-refractivity contribution in [3.05, 3.63) is 78.4 Å². The number of ether oxygens (including phenoxy) is 2. The Kier molecular flexibility index (Phi) is 8.05. The number of hydrogen-bond acceptors (Lipinski definition) is 6. The molecule has 3 aromatic carbocycles. The molecule has 39 heavy (non-hydrogen) atoms. The summed E-state index contributed by atoms with van der Waals surface area (Å²) in [6, 6.07) is 21.2. The molecule has 0 unspecified atom stereocenters. The molecule has 9 heteroatoms. The van der Waals surface area contributed by atoms with Crippen LogP contribution in [-0.4, -0.2) is 46.6 Å². The van der Waals surface area contributed by atoms with Gasteiger partial charge in [-0.2, -0.15) is 0 Å². The van der Waals surface area contributed by atoms with Crippen molar-refractivity contribution in [1.82, 2.24) is 20.3 Å². The maximum Gasteiger partial charge on any atom is 0.249 e. The normalized spacial score (nSPS) is 14.2. The lowest BCUT2D eigenvalue weighted by molar-refractivity contribution is -0.127. The Morgan fingerprint density at radius 3 is 2.59 bits per heavy atom. The van der Waals surface area contributed by atoms with Crippen molar-refractivity contribution in [2.45, 2.75) is 51.2 Å². The number of aromatic nitrogens is 3. The summed E-state index contributed by atoms with van der Waals surface area (Å²) in [5.74, 6) is 0.658. The van der Waals surface area contributed by atoms with Crippen LogP contribution in [0.3, 0.4) is 0 Å². The summed E-state index contributed by atoms with van der Waals surface area (Å²) in [5.41, 5.74) is 2.62. The molecule has 1 aromatic heterocycles. The van der Waals surface area contributed by atoms with Gasteiger partial charge in [-0.25, -0.2) is 4.68 Å². The van der Waals surface area contributed by atoms with Crippen LogP contribution in [0.1, 0.15) is 44.2 Å². The SMILES string of the molecule is CCOc1cccc(N(C(=O)Cn2nnc3ccccc32)[C@H](C(=O)NC2CCCC2)c2cccc(OC)c2)c1. The van der Waals surface area contributed by atoms with E-state index >= 15 is 0 Å². The van der Waals surface area contributed by atoms with Gasteiger partial charge < -0.3 is 14.8 Å². The molecule has 9 nitrogen and oxygen atoms in total. The van der Waals surface area contributed by atoms with Crippen LogP contribution in [0.2, 0.25) is 0 Å². The molecule has 1 aliphatic rings. The number of methoxy groups -OCH3 is 1. The van der Waals surface area contributed by atoms with Crippen LogP contribution >= 0.6 is 0 Å². The molecule has 2 amide bonds. The van der Waals surface area contributed by atoms with Gasteiger partial charge in [0.2, 0.25) is 11.8 Å². The van der Waals surface area contributed by atoms with E-state index < -0.39 is 6.04 Å². The quantitative estimate of drug-likeness (QED) is 0.322. The Morgan fingerprint density at radius 2 is 1.79 bits per heavy atom. The molecule has 1 atom stereocenters. The lowest BCUT2D eigenvalue weighted by atomic mass is 10.0. The first-order valence-electron chi connectivity index (χ1n) is 13.3. The molecule has 1 fully saturated rings. The minimum absolute atomic E-state index is 0.0802. The van der Waals surface area contributed by atoms with E-state index in [1.54, 1.807) is 23.9 Å². The number of rotatable bonds is 10. The highest BCUT2D eigenvalue weighted by Gasteiger charge is 2.35. The largest absolute Gasteiger partial charge is 0.497 e. The maximum atomic E-state index is 14.2. The fourth-order valence-corrected chi connectivity index (χ4v) is 5.14. The van der Waals surface area contributed by atoms with Gasteiger partial charge in [0, 0.05) is 17.8 Å². The second kappa shape index (κ2) is 12.0. The molecule has 4 aromatic rings. The van der Waals surface area contributed by atoms with E-state index in [9.17, 15) is 9.59 Å². The predicted octanol–water partition coefficient (Wildman–Crippen LogP) is 4.67. The Bertz CT molecular complexity index is 1450. The highest BCUT2D eigenvalue weighted by Crippen LogP contribution is 2.33. The third-order valence-electron chi connectivity index (χ3n) is 7.00. The number of fused-ring (bicyclic) bond motifs is 1. The van der Waals surface area contributed by atoms with Crippen LogP contribution < -0.4 is 19.7 Å². The molecule has 1 aliphatic carbocycles. The highest BCUT2D eigenvalue weighted by atomic mass is 16.5. The smallest absolute Gasteiger partial charge is 0.249 e. The molecule has 202 valence electrons. The van der Waals surface area contributed by atoms with Gasteiger partial charge >= 0.3 is 0 Å². The molecule has 0 aliphatic heterocycles. The summed E-state index contributed by atoms with van der Waals surface area (Å²) in [4.78, 5) is 29.8. The van der Waals surface area contributed by atoms with Crippen molar-refractivity contribution >= 4 is 28.5 Å². The van der Waals surface area contributed by atoms with Crippen LogP contribution in [-0.2, 0) is 16.1 Å². The molecule has 1 saturated carbocycles. The number of amides is 2. The lowest BCUT2D eigenvalue weighted by Crippen LogP contribution is -2.47. The van der Waals surface area contributed by atoms with Gasteiger partial charge in [0.25, 0.3) is 0 Å². The van der Waals surface area contributed by atoms with Crippen molar-refractivity contribution in [1.29, 1.82) is 0 Å². The van der Waals surface area contributed by atoms with Gasteiger partial charge in [-0.05, 0) is 61.7 Å². The Labute approximate surface area is 227 Å². The van der Waals surface area contributed by atoms with Crippen LogP contribution in [0.5, 0.6) is 11.5 Å². The van der Waals surface area contributed by atoms with Crippen molar-refractivity contribution in [2.24, 2.45) is 0 Å². The van der Waals surface area contributed by atoms with Crippen LogP contribution in [0.4, 0.5) is 5.69 Å². The Hall–Kier alpha value is -4.40. The minimum Gasteiger partial charge on any atom is -0.497 e. The zero-order valence-electron chi connectivity index (χ0n) is 22.2. The third-order valence-corrected chi connectivity index (χ3v) is 7.00. The first-order chi connectivity index (χ1) is 19.1. The van der Waals surface area contributed by atoms with Gasteiger partial charge in [-0.3, -0.25) is 14.5 Å². The van der Waals surface area contributed by atoms with Crippen molar-refractivity contribution in [2.75, 3.05) is 18.6 Å². The second-order valence-corrected chi connectivity index (χ2v) is 9.60. The second-order valence-electron chi connectivity index (χ2n) is 9.60. The van der Waals surface area contributed by atoms with Crippen molar-refractivity contribution in [3.8, 4) is 11.5 Å². The zero-order valence-corrected chi connectivity index (χ0v) is 22.2. The topological polar surface area (TPSA) is 98.6 Å².